The zero-order chi connectivity index (χ0) is 18.4. The fourth-order valence-corrected chi connectivity index (χ4v) is 2.79. The van der Waals surface area contributed by atoms with Gasteiger partial charge in [0.05, 0.1) is 5.52 Å². The minimum atomic E-state index is 0.0235. The van der Waals surface area contributed by atoms with Crippen molar-refractivity contribution in [2.75, 3.05) is 18.5 Å². The minimum absolute atomic E-state index is 0.0235. The maximum atomic E-state index is 8.79. The molecule has 1 N–H and O–H groups in total. The van der Waals surface area contributed by atoms with Crippen LogP contribution in [0.25, 0.3) is 22.0 Å². The molecule has 0 fully saturated rings. The first-order valence-electron chi connectivity index (χ1n) is 8.77. The summed E-state index contributed by atoms with van der Waals surface area (Å²) in [7, 11) is 0. The molecule has 26 heavy (non-hydrogen) atoms. The lowest BCUT2D eigenvalue weighted by Crippen LogP contribution is -2.07. The first-order valence-corrected chi connectivity index (χ1v) is 8.77. The maximum absolute atomic E-state index is 8.79. The summed E-state index contributed by atoms with van der Waals surface area (Å²) < 4.78 is 5.57. The van der Waals surface area contributed by atoms with Crippen molar-refractivity contribution >= 4 is 16.7 Å². The van der Waals surface area contributed by atoms with Crippen LogP contribution < -0.4 is 10.1 Å². The molecule has 1 heterocycles. The van der Waals surface area contributed by atoms with E-state index in [1.165, 1.54) is 0 Å². The summed E-state index contributed by atoms with van der Waals surface area (Å²) in [5.41, 5.74) is 2.85. The fraction of sp³-hybridized carbons (Fsp3) is 0.286. The molecule has 0 aliphatic carbocycles. The highest BCUT2D eigenvalue weighted by Gasteiger charge is 2.10. The number of anilines is 1. The number of hydrogen-bond donors (Lipinski definition) is 1. The number of nitriles is 1. The number of rotatable bonds is 7. The second kappa shape index (κ2) is 8.30. The molecule has 5 heteroatoms. The van der Waals surface area contributed by atoms with Crippen LogP contribution in [-0.4, -0.2) is 23.1 Å². The summed E-state index contributed by atoms with van der Waals surface area (Å²) in [5.74, 6) is 2.17. The molecule has 0 radical (unpaired) electrons. The van der Waals surface area contributed by atoms with Crippen LogP contribution in [0, 0.1) is 17.2 Å². The number of para-hydroxylation sites is 1. The fourth-order valence-electron chi connectivity index (χ4n) is 2.79. The third-order valence-corrected chi connectivity index (χ3v) is 4.14. The van der Waals surface area contributed by atoms with Crippen LogP contribution in [0.1, 0.15) is 20.3 Å². The van der Waals surface area contributed by atoms with E-state index in [0.717, 1.165) is 40.8 Å². The lowest BCUT2D eigenvalue weighted by molar-refractivity contribution is 0.369. The third-order valence-electron chi connectivity index (χ3n) is 4.14. The van der Waals surface area contributed by atoms with Crippen LogP contribution >= 0.6 is 0 Å². The van der Waals surface area contributed by atoms with Gasteiger partial charge in [0, 0.05) is 17.5 Å². The number of hydrogen-bond acceptors (Lipinski definition) is 5. The highest BCUT2D eigenvalue weighted by Crippen LogP contribution is 2.33. The molecule has 132 valence electrons. The summed E-state index contributed by atoms with van der Waals surface area (Å²) in [6, 6.07) is 15.8. The lowest BCUT2D eigenvalue weighted by atomic mass is 10.0. The molecule has 0 aliphatic rings. The van der Waals surface area contributed by atoms with Gasteiger partial charge in [-0.2, -0.15) is 5.26 Å². The first kappa shape index (κ1) is 17.7. The minimum Gasteiger partial charge on any atom is -0.478 e. The lowest BCUT2D eigenvalue weighted by Gasteiger charge is -2.12. The Morgan fingerprint density at radius 1 is 1.15 bits per heavy atom. The Bertz CT molecular complexity index is 931. The van der Waals surface area contributed by atoms with Crippen molar-refractivity contribution in [3.8, 4) is 22.9 Å². The first-order chi connectivity index (χ1) is 12.7. The zero-order valence-electron chi connectivity index (χ0n) is 15.1. The Hall–Kier alpha value is -3.13. The average Bonchev–Trinajstić information content (AvgIpc) is 2.66. The van der Waals surface area contributed by atoms with Gasteiger partial charge in [0.1, 0.15) is 24.0 Å². The Labute approximate surface area is 153 Å². The van der Waals surface area contributed by atoms with E-state index in [1.54, 1.807) is 6.33 Å². The van der Waals surface area contributed by atoms with Gasteiger partial charge in [0.15, 0.2) is 6.61 Å². The molecule has 3 rings (SSSR count). The predicted molar refractivity (Wildman–Crippen MR) is 104 cm³/mol. The number of nitrogens with one attached hydrogen (secondary N) is 1. The molecular weight excluding hydrogens is 324 g/mol. The average molecular weight is 346 g/mol. The van der Waals surface area contributed by atoms with E-state index in [9.17, 15) is 0 Å². The van der Waals surface area contributed by atoms with E-state index in [0.29, 0.717) is 11.7 Å². The summed E-state index contributed by atoms with van der Waals surface area (Å²) in [5, 5.41) is 13.2. The van der Waals surface area contributed by atoms with E-state index in [2.05, 4.69) is 35.2 Å². The van der Waals surface area contributed by atoms with E-state index in [4.69, 9.17) is 10.00 Å². The van der Waals surface area contributed by atoms with Crippen LogP contribution in [0.15, 0.2) is 48.8 Å². The normalized spacial score (nSPS) is 10.7. The number of fused-ring (bicyclic) bond motifs is 1. The number of nitrogens with zero attached hydrogens (tertiary/aromatic N) is 3. The molecule has 0 unspecified atom stereocenters. The van der Waals surface area contributed by atoms with Gasteiger partial charge in [0.2, 0.25) is 0 Å². The van der Waals surface area contributed by atoms with Gasteiger partial charge in [0.25, 0.3) is 0 Å². The Kier molecular flexibility index (Phi) is 5.65. The molecule has 0 saturated heterocycles. The van der Waals surface area contributed by atoms with Crippen LogP contribution in [0.4, 0.5) is 5.82 Å². The highest BCUT2D eigenvalue weighted by atomic mass is 16.5. The second-order valence-electron chi connectivity index (χ2n) is 6.51. The molecule has 3 aromatic rings. The van der Waals surface area contributed by atoms with Crippen LogP contribution in [0.3, 0.4) is 0 Å². The molecule has 0 saturated carbocycles. The van der Waals surface area contributed by atoms with Crippen molar-refractivity contribution in [1.29, 1.82) is 5.26 Å². The van der Waals surface area contributed by atoms with Gasteiger partial charge in [-0.1, -0.05) is 38.1 Å². The Morgan fingerprint density at radius 2 is 2.00 bits per heavy atom. The van der Waals surface area contributed by atoms with Gasteiger partial charge in [-0.25, -0.2) is 9.97 Å². The molecule has 0 amide bonds. The number of aromatic nitrogens is 2. The van der Waals surface area contributed by atoms with Gasteiger partial charge in [-0.05, 0) is 36.1 Å². The van der Waals surface area contributed by atoms with Gasteiger partial charge >= 0.3 is 0 Å². The molecule has 0 aliphatic heterocycles. The molecular formula is C21H22N4O. The van der Waals surface area contributed by atoms with Crippen molar-refractivity contribution in [3.63, 3.8) is 0 Å². The van der Waals surface area contributed by atoms with Crippen molar-refractivity contribution in [1.82, 2.24) is 9.97 Å². The Morgan fingerprint density at radius 3 is 2.81 bits per heavy atom. The van der Waals surface area contributed by atoms with Crippen molar-refractivity contribution in [2.24, 2.45) is 5.92 Å². The summed E-state index contributed by atoms with van der Waals surface area (Å²) in [4.78, 5) is 8.78. The number of ether oxygens (including phenoxy) is 1. The smallest absolute Gasteiger partial charge is 0.174 e. The van der Waals surface area contributed by atoms with E-state index < -0.39 is 0 Å². The molecule has 2 aromatic carbocycles. The second-order valence-corrected chi connectivity index (χ2v) is 6.51. The topological polar surface area (TPSA) is 70.8 Å². The quantitative estimate of drug-likeness (QED) is 0.674. The van der Waals surface area contributed by atoms with E-state index in [-0.39, 0.29) is 6.61 Å². The largest absolute Gasteiger partial charge is 0.478 e. The summed E-state index contributed by atoms with van der Waals surface area (Å²) >= 11 is 0. The van der Waals surface area contributed by atoms with E-state index >= 15 is 0 Å². The van der Waals surface area contributed by atoms with Gasteiger partial charge in [-0.15, -0.1) is 0 Å². The standard InChI is InChI=1S/C21H22N4O/c1-15(2)9-11-23-21-18-13-16(7-8-19(18)24-14-25-21)17-5-3-4-6-20(17)26-12-10-22/h3-8,13-15H,9,11-12H2,1-2H3,(H,23,24,25). The predicted octanol–water partition coefficient (Wildman–Crippen LogP) is 4.66. The van der Waals surface area contributed by atoms with E-state index in [1.807, 2.05) is 42.5 Å². The van der Waals surface area contributed by atoms with Crippen LogP contribution in [-0.2, 0) is 0 Å². The zero-order valence-corrected chi connectivity index (χ0v) is 15.1. The van der Waals surface area contributed by atoms with Crippen molar-refractivity contribution in [2.45, 2.75) is 20.3 Å². The molecule has 5 nitrogen and oxygen atoms in total. The summed E-state index contributed by atoms with van der Waals surface area (Å²) in [6.07, 6.45) is 2.67. The SMILES string of the molecule is CC(C)CCNc1ncnc2ccc(-c3ccccc3OCC#N)cc12. The van der Waals surface area contributed by atoms with Crippen molar-refractivity contribution in [3.05, 3.63) is 48.8 Å². The maximum Gasteiger partial charge on any atom is 0.174 e. The monoisotopic (exact) mass is 346 g/mol. The number of benzene rings is 2. The molecule has 0 atom stereocenters. The van der Waals surface area contributed by atoms with Crippen molar-refractivity contribution < 1.29 is 4.74 Å². The highest BCUT2D eigenvalue weighted by molar-refractivity contribution is 5.93. The molecule has 1 aromatic heterocycles. The van der Waals surface area contributed by atoms with Crippen LogP contribution in [0.2, 0.25) is 0 Å². The van der Waals surface area contributed by atoms with Crippen LogP contribution in [0.5, 0.6) is 5.75 Å². The Balaban J connectivity index is 1.97. The van der Waals surface area contributed by atoms with Gasteiger partial charge in [-0.3, -0.25) is 0 Å². The molecule has 0 spiro atoms. The summed E-state index contributed by atoms with van der Waals surface area (Å²) in [6.45, 7) is 5.30. The molecule has 0 bridgehead atoms. The third kappa shape index (κ3) is 4.09. The van der Waals surface area contributed by atoms with Gasteiger partial charge < -0.3 is 10.1 Å².